The van der Waals surface area contributed by atoms with Gasteiger partial charge in [0.25, 0.3) is 5.91 Å². The first-order chi connectivity index (χ1) is 14.1. The molecule has 1 aromatic carbocycles. The van der Waals surface area contributed by atoms with Crippen molar-refractivity contribution in [2.45, 2.75) is 70.9 Å². The van der Waals surface area contributed by atoms with E-state index in [9.17, 15) is 9.59 Å². The van der Waals surface area contributed by atoms with E-state index in [1.807, 2.05) is 30.5 Å². The molecular formula is C25H32N2O2. The maximum atomic E-state index is 13.3. The minimum absolute atomic E-state index is 0.131. The number of fused-ring (bicyclic) bond motifs is 1. The summed E-state index contributed by atoms with van der Waals surface area (Å²) in [5.74, 6) is 2.82. The van der Waals surface area contributed by atoms with Crippen LogP contribution in [0.3, 0.4) is 0 Å². The van der Waals surface area contributed by atoms with Crippen molar-refractivity contribution >= 4 is 16.8 Å². The highest BCUT2D eigenvalue weighted by molar-refractivity contribution is 5.97. The molecule has 4 saturated carbocycles. The fourth-order valence-electron chi connectivity index (χ4n) is 6.61. The predicted octanol–water partition coefficient (Wildman–Crippen LogP) is 4.75. The Morgan fingerprint density at radius 2 is 1.72 bits per heavy atom. The summed E-state index contributed by atoms with van der Waals surface area (Å²) in [4.78, 5) is 26.4. The molecule has 4 fully saturated rings. The van der Waals surface area contributed by atoms with Crippen molar-refractivity contribution in [3.8, 4) is 0 Å². The Bertz CT molecular complexity index is 948. The molecule has 4 nitrogen and oxygen atoms in total. The zero-order valence-electron chi connectivity index (χ0n) is 17.4. The number of para-hydroxylation sites is 1. The zero-order valence-corrected chi connectivity index (χ0v) is 17.4. The van der Waals surface area contributed by atoms with Gasteiger partial charge in [-0.15, -0.1) is 0 Å². The van der Waals surface area contributed by atoms with Gasteiger partial charge in [-0.3, -0.25) is 9.59 Å². The Labute approximate surface area is 172 Å². The van der Waals surface area contributed by atoms with Gasteiger partial charge in [-0.1, -0.05) is 31.9 Å². The van der Waals surface area contributed by atoms with E-state index in [4.69, 9.17) is 0 Å². The number of carbonyl (C=O) groups is 1. The number of pyridine rings is 1. The van der Waals surface area contributed by atoms with Crippen molar-refractivity contribution in [2.75, 3.05) is 0 Å². The molecule has 1 heterocycles. The number of rotatable bonds is 6. The first-order valence-electron chi connectivity index (χ1n) is 11.6. The largest absolute Gasteiger partial charge is 0.349 e. The van der Waals surface area contributed by atoms with E-state index >= 15 is 0 Å². The molecule has 0 spiro atoms. The number of aromatic nitrogens is 1. The number of hydrogen-bond donors (Lipinski definition) is 1. The van der Waals surface area contributed by atoms with E-state index < -0.39 is 0 Å². The molecule has 4 heteroatoms. The van der Waals surface area contributed by atoms with Crippen LogP contribution in [-0.4, -0.2) is 16.5 Å². The monoisotopic (exact) mass is 392 g/mol. The lowest BCUT2D eigenvalue weighted by Gasteiger charge is -2.54. The number of carbonyl (C=O) groups excluding carboxylic acids is 1. The number of amides is 1. The molecule has 29 heavy (non-hydrogen) atoms. The maximum Gasteiger partial charge on any atom is 0.257 e. The highest BCUT2D eigenvalue weighted by Gasteiger charge is 2.48. The normalized spacial score (nSPS) is 30.0. The molecule has 4 aliphatic carbocycles. The number of nitrogens with one attached hydrogen (secondary N) is 1. The Hall–Kier alpha value is -2.10. The third-order valence-corrected chi connectivity index (χ3v) is 7.76. The van der Waals surface area contributed by atoms with E-state index in [0.29, 0.717) is 22.8 Å². The van der Waals surface area contributed by atoms with Gasteiger partial charge in [-0.05, 0) is 74.3 Å². The number of nitrogens with zero attached hydrogens (tertiary/aromatic N) is 1. The minimum atomic E-state index is -0.164. The number of benzene rings is 1. The van der Waals surface area contributed by atoms with Crippen molar-refractivity contribution in [3.05, 3.63) is 46.2 Å². The molecule has 154 valence electrons. The molecule has 0 unspecified atom stereocenters. The van der Waals surface area contributed by atoms with Crippen LogP contribution in [0.4, 0.5) is 0 Å². The van der Waals surface area contributed by atoms with Gasteiger partial charge >= 0.3 is 0 Å². The number of aryl methyl sites for hydroxylation is 1. The molecule has 2 aromatic rings. The Morgan fingerprint density at radius 1 is 1.03 bits per heavy atom. The smallest absolute Gasteiger partial charge is 0.257 e. The lowest BCUT2D eigenvalue weighted by atomic mass is 9.54. The van der Waals surface area contributed by atoms with Crippen molar-refractivity contribution in [1.82, 2.24) is 9.88 Å². The highest BCUT2D eigenvalue weighted by atomic mass is 16.2. The second kappa shape index (κ2) is 7.62. The molecule has 0 saturated heterocycles. The van der Waals surface area contributed by atoms with Crippen molar-refractivity contribution in [2.24, 2.45) is 23.7 Å². The standard InChI is InChI=1S/C25H32N2O2/c1-2-3-6-9-27-15-21(24(28)20-7-4-5-8-22(20)27)25(29)26-23-18-11-16-10-17(13-18)14-19(23)12-16/h4-5,7-8,15-19,23H,2-3,6,9-14H2,1H3,(H,26,29). The Morgan fingerprint density at radius 3 is 2.41 bits per heavy atom. The van der Waals surface area contributed by atoms with Crippen LogP contribution in [0.1, 0.15) is 68.6 Å². The summed E-state index contributed by atoms with van der Waals surface area (Å²) in [6, 6.07) is 7.96. The van der Waals surface area contributed by atoms with Gasteiger partial charge in [0.15, 0.2) is 0 Å². The predicted molar refractivity (Wildman–Crippen MR) is 116 cm³/mol. The molecule has 4 bridgehead atoms. The maximum absolute atomic E-state index is 13.3. The fourth-order valence-corrected chi connectivity index (χ4v) is 6.61. The first-order valence-corrected chi connectivity index (χ1v) is 11.6. The molecule has 1 amide bonds. The van der Waals surface area contributed by atoms with Crippen LogP contribution in [0.15, 0.2) is 35.3 Å². The SMILES string of the molecule is CCCCCn1cc(C(=O)NC2C3CC4CC(C3)CC2C4)c(=O)c2ccccc21. The molecule has 0 aliphatic heterocycles. The summed E-state index contributed by atoms with van der Waals surface area (Å²) >= 11 is 0. The second-order valence-corrected chi connectivity index (χ2v) is 9.72. The Balaban J connectivity index is 1.44. The lowest BCUT2D eigenvalue weighted by molar-refractivity contribution is -0.0119. The van der Waals surface area contributed by atoms with Crippen LogP contribution in [0.5, 0.6) is 0 Å². The van der Waals surface area contributed by atoms with Crippen LogP contribution in [0.25, 0.3) is 10.9 Å². The van der Waals surface area contributed by atoms with Gasteiger partial charge in [-0.2, -0.15) is 0 Å². The van der Waals surface area contributed by atoms with E-state index in [-0.39, 0.29) is 17.4 Å². The van der Waals surface area contributed by atoms with Crippen LogP contribution >= 0.6 is 0 Å². The third kappa shape index (κ3) is 3.41. The van der Waals surface area contributed by atoms with Gasteiger partial charge in [0.05, 0.1) is 5.52 Å². The number of unbranched alkanes of at least 4 members (excludes halogenated alkanes) is 2. The third-order valence-electron chi connectivity index (χ3n) is 7.76. The molecule has 4 aliphatic rings. The van der Waals surface area contributed by atoms with Crippen LogP contribution in [0, 0.1) is 23.7 Å². The van der Waals surface area contributed by atoms with Crippen molar-refractivity contribution in [3.63, 3.8) is 0 Å². The highest BCUT2D eigenvalue weighted by Crippen LogP contribution is 2.53. The summed E-state index contributed by atoms with van der Waals surface area (Å²) in [5.41, 5.74) is 1.11. The summed E-state index contributed by atoms with van der Waals surface area (Å²) < 4.78 is 2.11. The zero-order chi connectivity index (χ0) is 20.0. The average Bonchev–Trinajstić information content (AvgIpc) is 2.72. The minimum Gasteiger partial charge on any atom is -0.349 e. The summed E-state index contributed by atoms with van der Waals surface area (Å²) in [6.45, 7) is 3.03. The average molecular weight is 393 g/mol. The van der Waals surface area contributed by atoms with Gasteiger partial charge in [0.2, 0.25) is 5.43 Å². The van der Waals surface area contributed by atoms with E-state index in [0.717, 1.165) is 43.2 Å². The molecule has 1 N–H and O–H groups in total. The summed E-state index contributed by atoms with van der Waals surface area (Å²) in [6.07, 6.45) is 11.6. The van der Waals surface area contributed by atoms with Crippen LogP contribution in [-0.2, 0) is 6.54 Å². The second-order valence-electron chi connectivity index (χ2n) is 9.72. The van der Waals surface area contributed by atoms with Crippen LogP contribution < -0.4 is 10.7 Å². The first kappa shape index (κ1) is 18.9. The van der Waals surface area contributed by atoms with E-state index in [1.54, 1.807) is 0 Å². The molecule has 0 atom stereocenters. The molecule has 6 rings (SSSR count). The van der Waals surface area contributed by atoms with Crippen molar-refractivity contribution in [1.29, 1.82) is 0 Å². The summed E-state index contributed by atoms with van der Waals surface area (Å²) in [7, 11) is 0. The van der Waals surface area contributed by atoms with Gasteiger partial charge < -0.3 is 9.88 Å². The molecule has 1 aromatic heterocycles. The molecular weight excluding hydrogens is 360 g/mol. The topological polar surface area (TPSA) is 51.1 Å². The van der Waals surface area contributed by atoms with E-state index in [2.05, 4.69) is 16.8 Å². The fraction of sp³-hybridized carbons (Fsp3) is 0.600. The van der Waals surface area contributed by atoms with Crippen LogP contribution in [0.2, 0.25) is 0 Å². The summed E-state index contributed by atoms with van der Waals surface area (Å²) in [5, 5.41) is 3.98. The van der Waals surface area contributed by atoms with Crippen molar-refractivity contribution < 1.29 is 4.79 Å². The van der Waals surface area contributed by atoms with Gasteiger partial charge in [0.1, 0.15) is 5.56 Å². The van der Waals surface area contributed by atoms with Gasteiger partial charge in [-0.25, -0.2) is 0 Å². The quantitative estimate of drug-likeness (QED) is 0.722. The number of hydrogen-bond acceptors (Lipinski definition) is 2. The van der Waals surface area contributed by atoms with Gasteiger partial charge in [0, 0.05) is 24.2 Å². The molecule has 0 radical (unpaired) electrons. The Kier molecular flexibility index (Phi) is 4.97. The lowest BCUT2D eigenvalue weighted by Crippen LogP contribution is -2.56. The van der Waals surface area contributed by atoms with E-state index in [1.165, 1.54) is 32.1 Å².